The van der Waals surface area contributed by atoms with E-state index < -0.39 is 5.60 Å². The summed E-state index contributed by atoms with van der Waals surface area (Å²) in [5.74, 6) is 0.295. The van der Waals surface area contributed by atoms with Gasteiger partial charge in [-0.2, -0.15) is 0 Å². The van der Waals surface area contributed by atoms with Crippen LogP contribution in [0.5, 0.6) is 5.75 Å². The molecular weight excluding hydrogens is 244 g/mol. The maximum atomic E-state index is 11.3. The second-order valence-electron chi connectivity index (χ2n) is 5.09. The number of methoxy groups -OCH3 is 1. The molecule has 0 atom stereocenters. The second kappa shape index (κ2) is 6.06. The minimum Gasteiger partial charge on any atom is -0.491 e. The average molecular weight is 264 g/mol. The normalized spacial score (nSPS) is 17.8. The zero-order valence-corrected chi connectivity index (χ0v) is 11.2. The first-order valence-electron chi connectivity index (χ1n) is 6.66. The molecule has 4 heteroatoms. The van der Waals surface area contributed by atoms with Crippen LogP contribution in [0.15, 0.2) is 24.3 Å². The smallest absolute Gasteiger partial charge is 0.337 e. The topological polar surface area (TPSA) is 55.8 Å². The number of carbonyl (C=O) groups is 1. The van der Waals surface area contributed by atoms with E-state index in [2.05, 4.69) is 4.74 Å². The molecule has 1 N–H and O–H groups in total. The lowest BCUT2D eigenvalue weighted by molar-refractivity contribution is -0.0339. The number of esters is 1. The Labute approximate surface area is 113 Å². The first-order chi connectivity index (χ1) is 9.13. The summed E-state index contributed by atoms with van der Waals surface area (Å²) in [6, 6.07) is 6.76. The summed E-state index contributed by atoms with van der Waals surface area (Å²) in [5.41, 5.74) is -0.203. The van der Waals surface area contributed by atoms with Crippen LogP contribution in [0.2, 0.25) is 0 Å². The third-order valence-electron chi connectivity index (χ3n) is 3.57. The van der Waals surface area contributed by atoms with E-state index in [0.717, 1.165) is 25.7 Å². The van der Waals surface area contributed by atoms with Gasteiger partial charge in [-0.25, -0.2) is 4.79 Å². The highest BCUT2D eigenvalue weighted by molar-refractivity contribution is 5.89. The molecule has 1 aliphatic rings. The molecule has 1 aliphatic carbocycles. The number of aliphatic hydroxyl groups is 1. The van der Waals surface area contributed by atoms with Gasteiger partial charge in [0.05, 0.1) is 18.3 Å². The van der Waals surface area contributed by atoms with E-state index in [9.17, 15) is 9.90 Å². The van der Waals surface area contributed by atoms with Crippen molar-refractivity contribution in [2.75, 3.05) is 13.7 Å². The lowest BCUT2D eigenvalue weighted by Gasteiger charge is -2.31. The van der Waals surface area contributed by atoms with Crippen molar-refractivity contribution in [3.05, 3.63) is 29.8 Å². The molecule has 0 saturated heterocycles. The summed E-state index contributed by atoms with van der Waals surface area (Å²) in [6.07, 6.45) is 4.90. The van der Waals surface area contributed by atoms with Crippen molar-refractivity contribution in [2.45, 2.75) is 37.7 Å². The van der Waals surface area contributed by atoms with Gasteiger partial charge < -0.3 is 14.6 Å². The SMILES string of the molecule is COC(=O)c1ccc(OCC2(O)CCCCC2)cc1. The van der Waals surface area contributed by atoms with E-state index in [1.807, 2.05) is 0 Å². The number of hydrogen-bond donors (Lipinski definition) is 1. The lowest BCUT2D eigenvalue weighted by Crippen LogP contribution is -2.37. The monoisotopic (exact) mass is 264 g/mol. The quantitative estimate of drug-likeness (QED) is 0.849. The number of benzene rings is 1. The Hall–Kier alpha value is -1.55. The van der Waals surface area contributed by atoms with Crippen LogP contribution in [-0.4, -0.2) is 30.4 Å². The first kappa shape index (κ1) is 13.9. The molecule has 0 spiro atoms. The summed E-state index contributed by atoms with van der Waals surface area (Å²) in [7, 11) is 1.35. The van der Waals surface area contributed by atoms with Crippen LogP contribution < -0.4 is 4.74 Å². The largest absolute Gasteiger partial charge is 0.491 e. The summed E-state index contributed by atoms with van der Waals surface area (Å²) >= 11 is 0. The van der Waals surface area contributed by atoms with E-state index in [1.54, 1.807) is 24.3 Å². The summed E-state index contributed by atoms with van der Waals surface area (Å²) in [5, 5.41) is 10.3. The molecule has 19 heavy (non-hydrogen) atoms. The van der Waals surface area contributed by atoms with Gasteiger partial charge in [0.1, 0.15) is 12.4 Å². The highest BCUT2D eigenvalue weighted by Gasteiger charge is 2.29. The number of ether oxygens (including phenoxy) is 2. The predicted octanol–water partition coefficient (Wildman–Crippen LogP) is 2.55. The van der Waals surface area contributed by atoms with Crippen molar-refractivity contribution in [2.24, 2.45) is 0 Å². The van der Waals surface area contributed by atoms with E-state index >= 15 is 0 Å². The van der Waals surface area contributed by atoms with Crippen LogP contribution in [0, 0.1) is 0 Å². The van der Waals surface area contributed by atoms with E-state index in [4.69, 9.17) is 4.74 Å². The maximum absolute atomic E-state index is 11.3. The fraction of sp³-hybridized carbons (Fsp3) is 0.533. The molecule has 104 valence electrons. The Morgan fingerprint density at radius 1 is 1.21 bits per heavy atom. The van der Waals surface area contributed by atoms with Crippen molar-refractivity contribution in [3.8, 4) is 5.75 Å². The van der Waals surface area contributed by atoms with Gasteiger partial charge in [0, 0.05) is 0 Å². The van der Waals surface area contributed by atoms with Crippen molar-refractivity contribution < 1.29 is 19.4 Å². The Balaban J connectivity index is 1.91. The molecule has 1 aromatic carbocycles. The predicted molar refractivity (Wildman–Crippen MR) is 71.3 cm³/mol. The van der Waals surface area contributed by atoms with Crippen LogP contribution in [0.3, 0.4) is 0 Å². The third kappa shape index (κ3) is 3.70. The van der Waals surface area contributed by atoms with E-state index in [-0.39, 0.29) is 5.97 Å². The minimum absolute atomic E-state index is 0.310. The van der Waals surface area contributed by atoms with Crippen molar-refractivity contribution in [1.82, 2.24) is 0 Å². The molecule has 4 nitrogen and oxygen atoms in total. The summed E-state index contributed by atoms with van der Waals surface area (Å²) in [4.78, 5) is 11.3. The first-order valence-corrected chi connectivity index (χ1v) is 6.66. The van der Waals surface area contributed by atoms with E-state index in [0.29, 0.717) is 17.9 Å². The molecule has 0 bridgehead atoms. The fourth-order valence-corrected chi connectivity index (χ4v) is 2.38. The van der Waals surface area contributed by atoms with Gasteiger partial charge in [-0.3, -0.25) is 0 Å². The molecule has 0 amide bonds. The Kier molecular flexibility index (Phi) is 4.43. The zero-order valence-electron chi connectivity index (χ0n) is 11.2. The minimum atomic E-state index is -0.695. The molecule has 0 radical (unpaired) electrons. The number of carbonyl (C=O) groups excluding carboxylic acids is 1. The van der Waals surface area contributed by atoms with Gasteiger partial charge in [-0.15, -0.1) is 0 Å². The van der Waals surface area contributed by atoms with Gasteiger partial charge in [0.15, 0.2) is 0 Å². The van der Waals surface area contributed by atoms with Crippen molar-refractivity contribution in [1.29, 1.82) is 0 Å². The Morgan fingerprint density at radius 2 is 1.84 bits per heavy atom. The van der Waals surface area contributed by atoms with Gasteiger partial charge in [-0.05, 0) is 37.1 Å². The standard InChI is InChI=1S/C15H20O4/c1-18-14(16)12-5-7-13(8-6-12)19-11-15(17)9-3-2-4-10-15/h5-8,17H,2-4,9-11H2,1H3. The van der Waals surface area contributed by atoms with Crippen LogP contribution in [0.1, 0.15) is 42.5 Å². The van der Waals surface area contributed by atoms with E-state index in [1.165, 1.54) is 13.5 Å². The maximum Gasteiger partial charge on any atom is 0.337 e. The summed E-state index contributed by atoms with van der Waals surface area (Å²) in [6.45, 7) is 0.310. The summed E-state index contributed by atoms with van der Waals surface area (Å²) < 4.78 is 10.2. The Bertz CT molecular complexity index is 418. The number of rotatable bonds is 4. The second-order valence-corrected chi connectivity index (χ2v) is 5.09. The third-order valence-corrected chi connectivity index (χ3v) is 3.57. The molecule has 0 aromatic heterocycles. The van der Waals surface area contributed by atoms with Gasteiger partial charge in [0.25, 0.3) is 0 Å². The van der Waals surface area contributed by atoms with Gasteiger partial charge in [0.2, 0.25) is 0 Å². The fourth-order valence-electron chi connectivity index (χ4n) is 2.38. The van der Waals surface area contributed by atoms with Crippen LogP contribution >= 0.6 is 0 Å². The molecule has 1 saturated carbocycles. The van der Waals surface area contributed by atoms with Crippen molar-refractivity contribution in [3.63, 3.8) is 0 Å². The zero-order chi connectivity index (χ0) is 13.7. The lowest BCUT2D eigenvalue weighted by atomic mass is 9.85. The molecule has 1 aromatic rings. The highest BCUT2D eigenvalue weighted by atomic mass is 16.5. The van der Waals surface area contributed by atoms with Crippen LogP contribution in [-0.2, 0) is 4.74 Å². The number of hydrogen-bond acceptors (Lipinski definition) is 4. The van der Waals surface area contributed by atoms with Crippen LogP contribution in [0.25, 0.3) is 0 Å². The molecule has 0 unspecified atom stereocenters. The van der Waals surface area contributed by atoms with Crippen LogP contribution in [0.4, 0.5) is 0 Å². The Morgan fingerprint density at radius 3 is 2.42 bits per heavy atom. The molecule has 0 heterocycles. The molecule has 2 rings (SSSR count). The van der Waals surface area contributed by atoms with Gasteiger partial charge in [-0.1, -0.05) is 19.3 Å². The molecule has 1 fully saturated rings. The average Bonchev–Trinajstić information content (AvgIpc) is 2.46. The van der Waals surface area contributed by atoms with Crippen molar-refractivity contribution >= 4 is 5.97 Å². The molecule has 0 aliphatic heterocycles. The highest BCUT2D eigenvalue weighted by Crippen LogP contribution is 2.28. The van der Waals surface area contributed by atoms with Gasteiger partial charge >= 0.3 is 5.97 Å². The molecular formula is C15H20O4.